The second-order valence-electron chi connectivity index (χ2n) is 8.53. The van der Waals surface area contributed by atoms with Crippen LogP contribution in [-0.2, 0) is 24.1 Å². The predicted molar refractivity (Wildman–Crippen MR) is 103 cm³/mol. The van der Waals surface area contributed by atoms with E-state index in [-0.39, 0.29) is 35.4 Å². The number of carbonyl (C=O) groups excluding carboxylic acids is 1. The maximum atomic E-state index is 13.4. The Morgan fingerprint density at radius 2 is 1.78 bits per heavy atom. The average Bonchev–Trinajstić information content (AvgIpc) is 2.87. The van der Waals surface area contributed by atoms with Crippen LogP contribution in [0.3, 0.4) is 0 Å². The van der Waals surface area contributed by atoms with Gasteiger partial charge in [-0.25, -0.2) is 8.42 Å². The summed E-state index contributed by atoms with van der Waals surface area (Å²) >= 11 is 0. The van der Waals surface area contributed by atoms with Gasteiger partial charge in [0.1, 0.15) is 11.5 Å². The van der Waals surface area contributed by atoms with Crippen LogP contribution in [0.4, 0.5) is 0 Å². The maximum Gasteiger partial charge on any atom is 0.190 e. The van der Waals surface area contributed by atoms with Gasteiger partial charge in [-0.2, -0.15) is 0 Å². The van der Waals surface area contributed by atoms with Gasteiger partial charge in [0.25, 0.3) is 0 Å². The molecule has 150 valence electrons. The Morgan fingerprint density at radius 1 is 1.11 bits per heavy atom. The Labute approximate surface area is 162 Å². The number of Topliss-reactive ketones (excluding diaryl/α,β-unsaturated/α-hetero) is 1. The van der Waals surface area contributed by atoms with E-state index < -0.39 is 14.6 Å². The molecule has 0 radical (unpaired) electrons. The molecular weight excluding hydrogens is 364 g/mol. The minimum Gasteiger partial charge on any atom is -0.359 e. The van der Waals surface area contributed by atoms with E-state index in [1.54, 1.807) is 38.3 Å². The maximum absolute atomic E-state index is 13.4. The summed E-state index contributed by atoms with van der Waals surface area (Å²) < 4.78 is 36.3. The van der Waals surface area contributed by atoms with Crippen LogP contribution < -0.4 is 0 Å². The molecule has 27 heavy (non-hydrogen) atoms. The molecule has 2 saturated carbocycles. The van der Waals surface area contributed by atoms with Crippen molar-refractivity contribution >= 4 is 15.6 Å². The van der Waals surface area contributed by atoms with Gasteiger partial charge < -0.3 is 9.47 Å². The molecule has 3 rings (SSSR count). The molecule has 0 unspecified atom stereocenters. The number of hydrogen-bond acceptors (Lipinski definition) is 5. The number of rotatable bonds is 5. The lowest BCUT2D eigenvalue weighted by atomic mass is 9.74. The highest BCUT2D eigenvalue weighted by Gasteiger charge is 2.57. The van der Waals surface area contributed by atoms with Gasteiger partial charge in [0, 0.05) is 18.9 Å². The molecule has 4 atom stereocenters. The Hall–Kier alpha value is -1.24. The largest absolute Gasteiger partial charge is 0.359 e. The molecule has 0 aromatic heterocycles. The van der Waals surface area contributed by atoms with E-state index in [9.17, 15) is 13.2 Å². The molecule has 0 spiro atoms. The summed E-state index contributed by atoms with van der Waals surface area (Å²) in [7, 11) is -2.18. The molecule has 0 saturated heterocycles. The number of benzene rings is 1. The van der Waals surface area contributed by atoms with Gasteiger partial charge in [0.2, 0.25) is 0 Å². The van der Waals surface area contributed by atoms with Crippen molar-refractivity contribution in [3.8, 4) is 0 Å². The molecule has 1 aromatic rings. The van der Waals surface area contributed by atoms with Crippen LogP contribution in [0.25, 0.3) is 0 Å². The fraction of sp³-hybridized carbons (Fsp3) is 0.667. The smallest absolute Gasteiger partial charge is 0.190 e. The minimum atomic E-state index is -3.76. The highest BCUT2D eigenvalue weighted by molar-refractivity contribution is 7.93. The summed E-state index contributed by atoms with van der Waals surface area (Å²) in [5, 5.41) is 0. The Balaban J connectivity index is 1.93. The first-order valence-electron chi connectivity index (χ1n) is 9.60. The van der Waals surface area contributed by atoms with Crippen molar-refractivity contribution in [3.05, 3.63) is 29.8 Å². The number of hydrogen-bond donors (Lipinski definition) is 0. The van der Waals surface area contributed by atoms with E-state index in [0.29, 0.717) is 12.3 Å². The van der Waals surface area contributed by atoms with Crippen molar-refractivity contribution in [1.29, 1.82) is 0 Å². The second-order valence-corrected chi connectivity index (χ2v) is 10.9. The van der Waals surface area contributed by atoms with Crippen LogP contribution in [0.15, 0.2) is 29.2 Å². The van der Waals surface area contributed by atoms with Crippen molar-refractivity contribution < 1.29 is 22.7 Å². The molecule has 0 amide bonds. The summed E-state index contributed by atoms with van der Waals surface area (Å²) in [6, 6.07) is 6.78. The highest BCUT2D eigenvalue weighted by atomic mass is 32.2. The van der Waals surface area contributed by atoms with Gasteiger partial charge in [-0.15, -0.1) is 0 Å². The summed E-state index contributed by atoms with van der Waals surface area (Å²) in [6.07, 6.45) is 3.08. The molecule has 0 aliphatic heterocycles. The molecule has 2 aliphatic carbocycles. The zero-order chi connectivity index (χ0) is 19.9. The molecule has 5 nitrogen and oxygen atoms in total. The highest BCUT2D eigenvalue weighted by Crippen LogP contribution is 2.54. The van der Waals surface area contributed by atoms with Crippen LogP contribution in [0.1, 0.15) is 51.5 Å². The van der Waals surface area contributed by atoms with Gasteiger partial charge in [-0.3, -0.25) is 4.79 Å². The van der Waals surface area contributed by atoms with Crippen molar-refractivity contribution in [3.63, 3.8) is 0 Å². The van der Waals surface area contributed by atoms with Gasteiger partial charge >= 0.3 is 0 Å². The number of ether oxygens (including phenoxy) is 2. The van der Waals surface area contributed by atoms with Crippen LogP contribution >= 0.6 is 0 Å². The lowest BCUT2D eigenvalue weighted by molar-refractivity contribution is -0.132. The number of fused-ring (bicyclic) bond motifs is 1. The monoisotopic (exact) mass is 394 g/mol. The number of carbonyl (C=O) groups is 1. The van der Waals surface area contributed by atoms with Crippen LogP contribution in [0.2, 0.25) is 0 Å². The minimum absolute atomic E-state index is 0.0733. The predicted octanol–water partition coefficient (Wildman–Crippen LogP) is 3.69. The SMILES string of the molecule is COCO[C@H]1CC[C@H]2CC[C@@](C)(S(=O)(=O)c3ccc(C)cc3)C(=O)C[C@@]21C. The first kappa shape index (κ1) is 20.5. The van der Waals surface area contributed by atoms with E-state index in [0.717, 1.165) is 24.8 Å². The Kier molecular flexibility index (Phi) is 5.54. The molecular formula is C21H30O5S. The van der Waals surface area contributed by atoms with E-state index >= 15 is 0 Å². The fourth-order valence-corrected chi connectivity index (χ4v) is 6.59. The van der Waals surface area contributed by atoms with Gasteiger partial charge in [-0.1, -0.05) is 24.6 Å². The van der Waals surface area contributed by atoms with Gasteiger partial charge in [0.15, 0.2) is 15.6 Å². The average molecular weight is 395 g/mol. The molecule has 0 bridgehead atoms. The molecule has 0 heterocycles. The summed E-state index contributed by atoms with van der Waals surface area (Å²) in [4.78, 5) is 13.6. The zero-order valence-corrected chi connectivity index (χ0v) is 17.5. The first-order valence-corrected chi connectivity index (χ1v) is 11.1. The topological polar surface area (TPSA) is 69.7 Å². The molecule has 2 fully saturated rings. The van der Waals surface area contributed by atoms with Crippen LogP contribution in [0, 0.1) is 18.3 Å². The number of aryl methyl sites for hydroxylation is 1. The van der Waals surface area contributed by atoms with Crippen molar-refractivity contribution in [1.82, 2.24) is 0 Å². The quantitative estimate of drug-likeness (QED) is 0.713. The van der Waals surface area contributed by atoms with E-state index in [2.05, 4.69) is 6.92 Å². The summed E-state index contributed by atoms with van der Waals surface area (Å²) in [5.41, 5.74) is 0.655. The first-order chi connectivity index (χ1) is 12.6. The lowest BCUT2D eigenvalue weighted by Gasteiger charge is -2.35. The van der Waals surface area contributed by atoms with Crippen LogP contribution in [-0.4, -0.2) is 39.0 Å². The third-order valence-corrected chi connectivity index (χ3v) is 9.37. The molecule has 2 aliphatic rings. The van der Waals surface area contributed by atoms with Crippen molar-refractivity contribution in [2.75, 3.05) is 13.9 Å². The summed E-state index contributed by atoms with van der Waals surface area (Å²) in [5.74, 6) is 0.0966. The van der Waals surface area contributed by atoms with Crippen molar-refractivity contribution in [2.45, 2.75) is 68.6 Å². The number of ketones is 1. The van der Waals surface area contributed by atoms with E-state index in [1.165, 1.54) is 0 Å². The van der Waals surface area contributed by atoms with Crippen LogP contribution in [0.5, 0.6) is 0 Å². The lowest BCUT2D eigenvalue weighted by Crippen LogP contribution is -2.45. The standard InChI is InChI=1S/C21H30O5S/c1-15-5-8-17(9-6-15)27(23,24)21(3)12-11-16-7-10-19(26-14-25-4)20(16,2)13-18(21)22/h5-6,8-9,16,19H,7,10-14H2,1-4H3/t16-,19-,20-,21+/m0/s1. The Bertz CT molecular complexity index is 800. The van der Waals surface area contributed by atoms with E-state index in [1.807, 2.05) is 6.92 Å². The van der Waals surface area contributed by atoms with E-state index in [4.69, 9.17) is 9.47 Å². The molecule has 6 heteroatoms. The third-order valence-electron chi connectivity index (χ3n) is 6.86. The Morgan fingerprint density at radius 3 is 2.41 bits per heavy atom. The molecule has 1 aromatic carbocycles. The van der Waals surface area contributed by atoms with Crippen molar-refractivity contribution in [2.24, 2.45) is 11.3 Å². The third kappa shape index (κ3) is 3.36. The number of sulfone groups is 1. The number of methoxy groups -OCH3 is 1. The summed E-state index contributed by atoms with van der Waals surface area (Å²) in [6.45, 7) is 5.80. The molecule has 0 N–H and O–H groups in total. The van der Waals surface area contributed by atoms with Gasteiger partial charge in [0.05, 0.1) is 11.0 Å². The zero-order valence-electron chi connectivity index (χ0n) is 16.7. The normalized spacial score (nSPS) is 34.3. The second kappa shape index (κ2) is 7.30. The van der Waals surface area contributed by atoms with Gasteiger partial charge in [-0.05, 0) is 57.6 Å². The fourth-order valence-electron chi connectivity index (χ4n) is 4.81.